The molecule has 0 unspecified atom stereocenters. The van der Waals surface area contributed by atoms with Crippen LogP contribution in [0.15, 0.2) is 59.1 Å². The van der Waals surface area contributed by atoms with Gasteiger partial charge in [-0.15, -0.1) is 0 Å². The Balaban J connectivity index is 1.81. The lowest BCUT2D eigenvalue weighted by molar-refractivity contribution is 0.0667. The van der Waals surface area contributed by atoms with Crippen LogP contribution in [-0.4, -0.2) is 27.0 Å². The highest BCUT2D eigenvalue weighted by atomic mass is 35.5. The van der Waals surface area contributed by atoms with Crippen LogP contribution in [0.25, 0.3) is 11.4 Å². The maximum atomic E-state index is 12.8. The van der Waals surface area contributed by atoms with E-state index in [1.54, 1.807) is 29.2 Å². The number of carbonyl (C=O) groups excluding carboxylic acids is 1. The quantitative estimate of drug-likeness (QED) is 0.678. The van der Waals surface area contributed by atoms with E-state index in [1.807, 2.05) is 44.2 Å². The minimum atomic E-state index is -0.128. The van der Waals surface area contributed by atoms with Crippen LogP contribution in [0.5, 0.6) is 0 Å². The summed E-state index contributed by atoms with van der Waals surface area (Å²) >= 11 is 5.99. The summed E-state index contributed by atoms with van der Waals surface area (Å²) in [5.41, 5.74) is 1.40. The van der Waals surface area contributed by atoms with E-state index in [2.05, 4.69) is 10.1 Å². The fourth-order valence-corrected chi connectivity index (χ4v) is 2.64. The molecule has 2 aromatic carbocycles. The number of rotatable bonds is 5. The first-order valence-electron chi connectivity index (χ1n) is 7.99. The molecule has 0 saturated heterocycles. The number of benzene rings is 2. The van der Waals surface area contributed by atoms with Gasteiger partial charge in [-0.2, -0.15) is 4.98 Å². The minimum absolute atomic E-state index is 0.0291. The summed E-state index contributed by atoms with van der Waals surface area (Å²) in [6.45, 7) is 4.12. The Labute approximate surface area is 151 Å². The summed E-state index contributed by atoms with van der Waals surface area (Å²) in [4.78, 5) is 18.9. The van der Waals surface area contributed by atoms with Gasteiger partial charge >= 0.3 is 0 Å². The fraction of sp³-hybridized carbons (Fsp3) is 0.211. The smallest absolute Gasteiger partial charge is 0.254 e. The van der Waals surface area contributed by atoms with Crippen molar-refractivity contribution >= 4 is 17.5 Å². The molecule has 0 aliphatic heterocycles. The molecule has 0 saturated carbocycles. The van der Waals surface area contributed by atoms with E-state index in [0.717, 1.165) is 5.56 Å². The standard InChI is InChI=1S/C19H18ClN3O2/c1-13(2)23(19(24)15-9-6-10-16(20)11-15)12-17-21-18(22-25-17)14-7-4-3-5-8-14/h3-11,13H,12H2,1-2H3. The second-order valence-corrected chi connectivity index (χ2v) is 6.35. The summed E-state index contributed by atoms with van der Waals surface area (Å²) in [7, 11) is 0. The Morgan fingerprint density at radius 3 is 2.60 bits per heavy atom. The van der Waals surface area contributed by atoms with Gasteiger partial charge in [-0.25, -0.2) is 0 Å². The molecule has 0 radical (unpaired) electrons. The Morgan fingerprint density at radius 1 is 1.16 bits per heavy atom. The Bertz CT molecular complexity index is 862. The number of halogens is 1. The van der Waals surface area contributed by atoms with Crippen LogP contribution in [0, 0.1) is 0 Å². The topological polar surface area (TPSA) is 59.2 Å². The molecule has 0 aliphatic rings. The maximum absolute atomic E-state index is 12.8. The van der Waals surface area contributed by atoms with Gasteiger partial charge in [-0.3, -0.25) is 4.79 Å². The zero-order valence-corrected chi connectivity index (χ0v) is 14.8. The van der Waals surface area contributed by atoms with Gasteiger partial charge in [0.1, 0.15) is 6.54 Å². The van der Waals surface area contributed by atoms with E-state index in [9.17, 15) is 4.79 Å². The molecule has 1 aromatic heterocycles. The highest BCUT2D eigenvalue weighted by Crippen LogP contribution is 2.19. The Morgan fingerprint density at radius 2 is 1.92 bits per heavy atom. The summed E-state index contributed by atoms with van der Waals surface area (Å²) in [5.74, 6) is 0.773. The molecule has 0 spiro atoms. The number of hydrogen-bond acceptors (Lipinski definition) is 4. The van der Waals surface area contributed by atoms with E-state index < -0.39 is 0 Å². The molecule has 0 atom stereocenters. The van der Waals surface area contributed by atoms with Gasteiger partial charge in [0.15, 0.2) is 0 Å². The predicted octanol–water partition coefficient (Wildman–Crippen LogP) is 4.44. The second-order valence-electron chi connectivity index (χ2n) is 5.91. The fourth-order valence-electron chi connectivity index (χ4n) is 2.45. The highest BCUT2D eigenvalue weighted by molar-refractivity contribution is 6.30. The monoisotopic (exact) mass is 355 g/mol. The third-order valence-corrected chi connectivity index (χ3v) is 4.00. The molecule has 0 bridgehead atoms. The Hall–Kier alpha value is -2.66. The molecule has 128 valence electrons. The Kier molecular flexibility index (Phi) is 5.14. The highest BCUT2D eigenvalue weighted by Gasteiger charge is 2.22. The van der Waals surface area contributed by atoms with Crippen molar-refractivity contribution in [3.05, 3.63) is 71.1 Å². The van der Waals surface area contributed by atoms with Crippen molar-refractivity contribution in [2.45, 2.75) is 26.4 Å². The van der Waals surface area contributed by atoms with Gasteiger partial charge < -0.3 is 9.42 Å². The molecule has 25 heavy (non-hydrogen) atoms. The van der Waals surface area contributed by atoms with Crippen LogP contribution in [0.3, 0.4) is 0 Å². The number of amides is 1. The normalized spacial score (nSPS) is 10.9. The first kappa shape index (κ1) is 17.2. The second kappa shape index (κ2) is 7.49. The van der Waals surface area contributed by atoms with Crippen molar-refractivity contribution in [1.82, 2.24) is 15.0 Å². The average molecular weight is 356 g/mol. The van der Waals surface area contributed by atoms with E-state index in [1.165, 1.54) is 0 Å². The van der Waals surface area contributed by atoms with E-state index in [0.29, 0.717) is 22.3 Å². The van der Waals surface area contributed by atoms with Gasteiger partial charge in [0.2, 0.25) is 11.7 Å². The van der Waals surface area contributed by atoms with Crippen LogP contribution in [-0.2, 0) is 6.54 Å². The predicted molar refractivity (Wildman–Crippen MR) is 96.2 cm³/mol. The van der Waals surface area contributed by atoms with Gasteiger partial charge in [0.25, 0.3) is 5.91 Å². The average Bonchev–Trinajstić information content (AvgIpc) is 3.08. The zero-order chi connectivity index (χ0) is 17.8. The van der Waals surface area contributed by atoms with Crippen LogP contribution in [0.2, 0.25) is 5.02 Å². The summed E-state index contributed by atoms with van der Waals surface area (Å²) in [6, 6.07) is 16.4. The molecule has 0 N–H and O–H groups in total. The molecular weight excluding hydrogens is 338 g/mol. The lowest BCUT2D eigenvalue weighted by atomic mass is 10.1. The van der Waals surface area contributed by atoms with E-state index in [4.69, 9.17) is 16.1 Å². The maximum Gasteiger partial charge on any atom is 0.254 e. The molecule has 1 heterocycles. The SMILES string of the molecule is CC(C)N(Cc1nc(-c2ccccc2)no1)C(=O)c1cccc(Cl)c1. The summed E-state index contributed by atoms with van der Waals surface area (Å²) < 4.78 is 5.33. The molecule has 5 nitrogen and oxygen atoms in total. The minimum Gasteiger partial charge on any atom is -0.337 e. The van der Waals surface area contributed by atoms with E-state index >= 15 is 0 Å². The first-order chi connectivity index (χ1) is 12.0. The van der Waals surface area contributed by atoms with Crippen molar-refractivity contribution in [3.63, 3.8) is 0 Å². The molecule has 0 fully saturated rings. The van der Waals surface area contributed by atoms with Gasteiger partial charge in [-0.1, -0.05) is 53.2 Å². The molecule has 6 heteroatoms. The molecule has 3 rings (SSSR count). The molecule has 1 amide bonds. The van der Waals surface area contributed by atoms with Gasteiger partial charge in [-0.05, 0) is 32.0 Å². The zero-order valence-electron chi connectivity index (χ0n) is 14.0. The van der Waals surface area contributed by atoms with Crippen LogP contribution < -0.4 is 0 Å². The number of carbonyl (C=O) groups is 1. The summed E-state index contributed by atoms with van der Waals surface area (Å²) in [5, 5.41) is 4.53. The summed E-state index contributed by atoms with van der Waals surface area (Å²) in [6.07, 6.45) is 0. The number of hydrogen-bond donors (Lipinski definition) is 0. The van der Waals surface area contributed by atoms with Crippen molar-refractivity contribution in [1.29, 1.82) is 0 Å². The van der Waals surface area contributed by atoms with Crippen molar-refractivity contribution in [3.8, 4) is 11.4 Å². The molecular formula is C19H18ClN3O2. The largest absolute Gasteiger partial charge is 0.337 e. The van der Waals surface area contributed by atoms with Gasteiger partial charge in [0.05, 0.1) is 0 Å². The van der Waals surface area contributed by atoms with Crippen molar-refractivity contribution in [2.75, 3.05) is 0 Å². The molecule has 0 aliphatic carbocycles. The number of nitrogens with zero attached hydrogens (tertiary/aromatic N) is 3. The van der Waals surface area contributed by atoms with Crippen molar-refractivity contribution in [2.24, 2.45) is 0 Å². The molecule has 3 aromatic rings. The van der Waals surface area contributed by atoms with E-state index in [-0.39, 0.29) is 18.5 Å². The van der Waals surface area contributed by atoms with Crippen LogP contribution in [0.1, 0.15) is 30.1 Å². The third kappa shape index (κ3) is 4.06. The van der Waals surface area contributed by atoms with Crippen LogP contribution in [0.4, 0.5) is 0 Å². The lowest BCUT2D eigenvalue weighted by Gasteiger charge is -2.25. The first-order valence-corrected chi connectivity index (χ1v) is 8.37. The van der Waals surface area contributed by atoms with Crippen molar-refractivity contribution < 1.29 is 9.32 Å². The number of aromatic nitrogens is 2. The van der Waals surface area contributed by atoms with Gasteiger partial charge in [0, 0.05) is 22.2 Å². The lowest BCUT2D eigenvalue weighted by Crippen LogP contribution is -2.36. The van der Waals surface area contributed by atoms with Crippen LogP contribution >= 0.6 is 11.6 Å². The third-order valence-electron chi connectivity index (χ3n) is 3.76.